The van der Waals surface area contributed by atoms with Gasteiger partial charge in [-0.15, -0.1) is 0 Å². The van der Waals surface area contributed by atoms with Gasteiger partial charge in [-0.1, -0.05) is 84.4 Å². The van der Waals surface area contributed by atoms with Gasteiger partial charge in [0.25, 0.3) is 5.91 Å². The van der Waals surface area contributed by atoms with Crippen LogP contribution in [0.5, 0.6) is 0 Å². The van der Waals surface area contributed by atoms with E-state index in [1.54, 1.807) is 11.9 Å². The number of carbonyl (C=O) groups is 1. The Bertz CT molecular complexity index is 905. The van der Waals surface area contributed by atoms with Crippen LogP contribution in [0.3, 0.4) is 0 Å². The average molecular weight is 334 g/mol. The lowest BCUT2D eigenvalue weighted by Crippen LogP contribution is -2.35. The summed E-state index contributed by atoms with van der Waals surface area (Å²) in [5.74, 6) is -0.113. The molecule has 3 aromatic carbocycles. The molecule has 3 heteroatoms. The van der Waals surface area contributed by atoms with Gasteiger partial charge in [-0.25, -0.2) is 0 Å². The molecule has 0 N–H and O–H groups in total. The first-order valence-electron chi connectivity index (χ1n) is 7.85. The fourth-order valence-electron chi connectivity index (χ4n) is 3.32. The molecular formula is C21H16ClNO. The van der Waals surface area contributed by atoms with Crippen molar-refractivity contribution < 1.29 is 4.79 Å². The fraction of sp³-hybridized carbons (Fsp3) is 0.0952. The summed E-state index contributed by atoms with van der Waals surface area (Å²) in [4.78, 5) is 13.3. The number of rotatable bonds is 2. The molecule has 3 aromatic rings. The standard InChI is InChI=1S/C21H16ClNO/c1-23-19-10-6-5-9-18(19)21(22,20(23)24)17-13-11-16(12-14-17)15-7-3-2-4-8-15/h2-14H,1H3. The molecule has 0 saturated carbocycles. The van der Waals surface area contributed by atoms with Gasteiger partial charge in [0, 0.05) is 18.3 Å². The van der Waals surface area contributed by atoms with E-state index in [0.29, 0.717) is 0 Å². The summed E-state index contributed by atoms with van der Waals surface area (Å²) >= 11 is 6.88. The van der Waals surface area contributed by atoms with E-state index in [1.807, 2.05) is 66.7 Å². The molecule has 118 valence electrons. The minimum Gasteiger partial charge on any atom is -0.313 e. The zero-order valence-electron chi connectivity index (χ0n) is 13.2. The number of para-hydroxylation sites is 1. The molecule has 0 aliphatic carbocycles. The van der Waals surface area contributed by atoms with E-state index in [-0.39, 0.29) is 5.91 Å². The van der Waals surface area contributed by atoms with Crippen LogP contribution in [-0.2, 0) is 9.67 Å². The second-order valence-corrected chi connectivity index (χ2v) is 6.55. The molecule has 1 aliphatic heterocycles. The van der Waals surface area contributed by atoms with Gasteiger partial charge in [0.05, 0.1) is 0 Å². The smallest absolute Gasteiger partial charge is 0.257 e. The number of amides is 1. The topological polar surface area (TPSA) is 20.3 Å². The van der Waals surface area contributed by atoms with E-state index in [4.69, 9.17) is 11.6 Å². The lowest BCUT2D eigenvalue weighted by molar-refractivity contribution is -0.119. The second-order valence-electron chi connectivity index (χ2n) is 5.98. The molecule has 0 fully saturated rings. The third kappa shape index (κ3) is 2.07. The third-order valence-electron chi connectivity index (χ3n) is 4.63. The van der Waals surface area contributed by atoms with Crippen molar-refractivity contribution in [1.29, 1.82) is 0 Å². The van der Waals surface area contributed by atoms with E-state index < -0.39 is 4.87 Å². The average Bonchev–Trinajstić information content (AvgIpc) is 2.85. The van der Waals surface area contributed by atoms with Crippen LogP contribution in [0.15, 0.2) is 78.9 Å². The molecule has 24 heavy (non-hydrogen) atoms. The van der Waals surface area contributed by atoms with Gasteiger partial charge in [0.15, 0.2) is 4.87 Å². The van der Waals surface area contributed by atoms with Gasteiger partial charge in [-0.2, -0.15) is 0 Å². The van der Waals surface area contributed by atoms with Crippen LogP contribution in [0, 0.1) is 0 Å². The van der Waals surface area contributed by atoms with E-state index >= 15 is 0 Å². The number of hydrogen-bond acceptors (Lipinski definition) is 1. The SMILES string of the molecule is CN1C(=O)C(Cl)(c2ccc(-c3ccccc3)cc2)c2ccccc21. The number of benzene rings is 3. The Morgan fingerprint density at radius 2 is 1.38 bits per heavy atom. The number of hydrogen-bond donors (Lipinski definition) is 0. The summed E-state index contributed by atoms with van der Waals surface area (Å²) in [6.45, 7) is 0. The number of likely N-dealkylation sites (N-methyl/N-ethyl adjacent to an activating group) is 1. The Morgan fingerprint density at radius 3 is 2.08 bits per heavy atom. The molecule has 1 heterocycles. The van der Waals surface area contributed by atoms with Gasteiger partial charge in [-0.05, 0) is 22.8 Å². The number of halogens is 1. The van der Waals surface area contributed by atoms with Crippen LogP contribution < -0.4 is 4.90 Å². The summed E-state index contributed by atoms with van der Waals surface area (Å²) in [6.07, 6.45) is 0. The predicted molar refractivity (Wildman–Crippen MR) is 98.4 cm³/mol. The highest BCUT2D eigenvalue weighted by molar-refractivity contribution is 6.41. The van der Waals surface area contributed by atoms with Gasteiger partial charge >= 0.3 is 0 Å². The third-order valence-corrected chi connectivity index (χ3v) is 5.21. The van der Waals surface area contributed by atoms with Crippen LogP contribution in [0.2, 0.25) is 0 Å². The zero-order chi connectivity index (χ0) is 16.7. The van der Waals surface area contributed by atoms with Crippen LogP contribution in [0.1, 0.15) is 11.1 Å². The Labute approximate surface area is 146 Å². The monoisotopic (exact) mass is 333 g/mol. The lowest BCUT2D eigenvalue weighted by atomic mass is 9.90. The Kier molecular flexibility index (Phi) is 3.43. The van der Waals surface area contributed by atoms with Gasteiger partial charge in [-0.3, -0.25) is 4.79 Å². The molecule has 0 spiro atoms. The Morgan fingerprint density at radius 1 is 0.792 bits per heavy atom. The van der Waals surface area contributed by atoms with Gasteiger partial charge in [0.2, 0.25) is 0 Å². The van der Waals surface area contributed by atoms with Crippen molar-refractivity contribution in [3.05, 3.63) is 90.0 Å². The minimum absolute atomic E-state index is 0.113. The molecular weight excluding hydrogens is 318 g/mol. The maximum Gasteiger partial charge on any atom is 0.257 e. The normalized spacial score (nSPS) is 19.4. The van der Waals surface area contributed by atoms with Gasteiger partial charge < -0.3 is 4.90 Å². The Balaban J connectivity index is 1.80. The Hall–Kier alpha value is -2.58. The van der Waals surface area contributed by atoms with Crippen LogP contribution in [0.4, 0.5) is 5.69 Å². The second kappa shape index (κ2) is 5.50. The van der Waals surface area contributed by atoms with Crippen molar-refractivity contribution in [2.24, 2.45) is 0 Å². The van der Waals surface area contributed by atoms with Crippen LogP contribution >= 0.6 is 11.6 Å². The maximum absolute atomic E-state index is 12.8. The van der Waals surface area contributed by atoms with Crippen LogP contribution in [-0.4, -0.2) is 13.0 Å². The minimum atomic E-state index is -1.15. The number of anilines is 1. The number of nitrogens with zero attached hydrogens (tertiary/aromatic N) is 1. The molecule has 0 aromatic heterocycles. The molecule has 1 atom stereocenters. The largest absolute Gasteiger partial charge is 0.313 e. The quantitative estimate of drug-likeness (QED) is 0.616. The maximum atomic E-state index is 12.8. The van der Waals surface area contributed by atoms with Crippen molar-refractivity contribution in [2.75, 3.05) is 11.9 Å². The van der Waals surface area contributed by atoms with E-state index in [9.17, 15) is 4.79 Å². The number of alkyl halides is 1. The highest BCUT2D eigenvalue weighted by atomic mass is 35.5. The first-order chi connectivity index (χ1) is 11.6. The lowest BCUT2D eigenvalue weighted by Gasteiger charge is -2.21. The molecule has 0 bridgehead atoms. The van der Waals surface area contributed by atoms with Crippen molar-refractivity contribution in [3.63, 3.8) is 0 Å². The molecule has 1 aliphatic rings. The molecule has 0 radical (unpaired) electrons. The molecule has 0 saturated heterocycles. The van der Waals surface area contributed by atoms with E-state index in [1.165, 1.54) is 0 Å². The summed E-state index contributed by atoms with van der Waals surface area (Å²) in [5.41, 5.74) is 4.75. The molecule has 4 rings (SSSR count). The zero-order valence-corrected chi connectivity index (χ0v) is 14.0. The fourth-order valence-corrected chi connectivity index (χ4v) is 3.73. The first-order valence-corrected chi connectivity index (χ1v) is 8.22. The van der Waals surface area contributed by atoms with E-state index in [0.717, 1.165) is 27.9 Å². The summed E-state index contributed by atoms with van der Waals surface area (Å²) < 4.78 is 0. The van der Waals surface area contributed by atoms with Crippen molar-refractivity contribution >= 4 is 23.2 Å². The predicted octanol–water partition coefficient (Wildman–Crippen LogP) is 4.81. The highest BCUT2D eigenvalue weighted by Crippen LogP contribution is 2.48. The molecule has 1 unspecified atom stereocenters. The summed E-state index contributed by atoms with van der Waals surface area (Å²) in [7, 11) is 1.77. The van der Waals surface area contributed by atoms with Gasteiger partial charge in [0.1, 0.15) is 0 Å². The van der Waals surface area contributed by atoms with Crippen LogP contribution in [0.25, 0.3) is 11.1 Å². The first kappa shape index (κ1) is 15.0. The molecule has 2 nitrogen and oxygen atoms in total. The van der Waals surface area contributed by atoms with Crippen molar-refractivity contribution in [3.8, 4) is 11.1 Å². The highest BCUT2D eigenvalue weighted by Gasteiger charge is 2.49. The number of fused-ring (bicyclic) bond motifs is 1. The van der Waals surface area contributed by atoms with E-state index in [2.05, 4.69) is 12.1 Å². The van der Waals surface area contributed by atoms with Crippen molar-refractivity contribution in [1.82, 2.24) is 0 Å². The molecule has 1 amide bonds. The van der Waals surface area contributed by atoms with Crippen molar-refractivity contribution in [2.45, 2.75) is 4.87 Å². The summed E-state index contributed by atoms with van der Waals surface area (Å²) in [6, 6.07) is 25.8. The number of carbonyl (C=O) groups excluding carboxylic acids is 1. The summed E-state index contributed by atoms with van der Waals surface area (Å²) in [5, 5.41) is 0.